The number of nitrogens with one attached hydrogen (secondary N) is 1. The number of thiophene rings is 1. The van der Waals surface area contributed by atoms with Gasteiger partial charge in [-0.2, -0.15) is 0 Å². The summed E-state index contributed by atoms with van der Waals surface area (Å²) in [6.45, 7) is 1.18. The molecule has 0 saturated heterocycles. The van der Waals surface area contributed by atoms with Gasteiger partial charge in [0, 0.05) is 9.35 Å². The highest BCUT2D eigenvalue weighted by atomic mass is 79.9. The summed E-state index contributed by atoms with van der Waals surface area (Å²) in [6, 6.07) is 8.00. The van der Waals surface area contributed by atoms with Crippen molar-refractivity contribution in [1.29, 1.82) is 0 Å². The molecule has 1 aromatic heterocycles. The molecule has 3 rings (SSSR count). The van der Waals surface area contributed by atoms with Crippen molar-refractivity contribution in [1.82, 2.24) is 5.32 Å². The average molecular weight is 375 g/mol. The second-order valence-electron chi connectivity index (χ2n) is 4.38. The molecule has 6 heteroatoms. The van der Waals surface area contributed by atoms with Gasteiger partial charge in [-0.1, -0.05) is 27.5 Å². The van der Waals surface area contributed by atoms with E-state index in [1.165, 1.54) is 0 Å². The van der Waals surface area contributed by atoms with Crippen LogP contribution >= 0.6 is 38.9 Å². The fourth-order valence-corrected chi connectivity index (χ4v) is 3.98. The van der Waals surface area contributed by atoms with E-state index in [-0.39, 0.29) is 6.04 Å². The molecule has 2 heterocycles. The smallest absolute Gasteiger partial charge is 0.162 e. The first kappa shape index (κ1) is 14.2. The van der Waals surface area contributed by atoms with Crippen LogP contribution in [0.15, 0.2) is 28.7 Å². The largest absolute Gasteiger partial charge is 0.486 e. The monoisotopic (exact) mass is 373 g/mol. The van der Waals surface area contributed by atoms with Crippen LogP contribution < -0.4 is 14.8 Å². The van der Waals surface area contributed by atoms with Crippen molar-refractivity contribution < 1.29 is 9.47 Å². The zero-order valence-electron chi connectivity index (χ0n) is 10.8. The second-order valence-corrected chi connectivity index (χ2v) is 6.98. The quantitative estimate of drug-likeness (QED) is 0.871. The third-order valence-electron chi connectivity index (χ3n) is 3.14. The number of halogens is 2. The second kappa shape index (κ2) is 5.93. The molecule has 106 valence electrons. The third-order valence-corrected chi connectivity index (χ3v) is 5.12. The summed E-state index contributed by atoms with van der Waals surface area (Å²) >= 11 is 11.2. The maximum Gasteiger partial charge on any atom is 0.162 e. The Labute approximate surface area is 135 Å². The SMILES string of the molecule is CNC(c1ccc(Cl)s1)c1cc2c(cc1Br)OCCO2. The Bertz CT molecular complexity index is 632. The molecule has 1 atom stereocenters. The fraction of sp³-hybridized carbons (Fsp3) is 0.286. The van der Waals surface area contributed by atoms with Crippen LogP contribution in [0.1, 0.15) is 16.5 Å². The Hall–Kier alpha value is -0.750. The molecular formula is C14H13BrClNO2S. The van der Waals surface area contributed by atoms with Crippen LogP contribution in [-0.2, 0) is 0 Å². The number of hydrogen-bond acceptors (Lipinski definition) is 4. The van der Waals surface area contributed by atoms with E-state index in [4.69, 9.17) is 21.1 Å². The molecule has 0 saturated carbocycles. The summed E-state index contributed by atoms with van der Waals surface area (Å²) in [6.07, 6.45) is 0. The lowest BCUT2D eigenvalue weighted by Gasteiger charge is -2.23. The molecule has 1 unspecified atom stereocenters. The Balaban J connectivity index is 2.03. The van der Waals surface area contributed by atoms with Crippen molar-refractivity contribution in [2.45, 2.75) is 6.04 Å². The van der Waals surface area contributed by atoms with Gasteiger partial charge in [-0.05, 0) is 36.9 Å². The molecule has 0 aliphatic carbocycles. The summed E-state index contributed by atoms with van der Waals surface area (Å²) in [7, 11) is 1.93. The Kier molecular flexibility index (Phi) is 4.21. The molecule has 1 aromatic carbocycles. The van der Waals surface area contributed by atoms with Gasteiger partial charge in [0.15, 0.2) is 11.5 Å². The minimum Gasteiger partial charge on any atom is -0.486 e. The molecule has 0 spiro atoms. The molecule has 0 radical (unpaired) electrons. The highest BCUT2D eigenvalue weighted by Crippen LogP contribution is 2.40. The first-order chi connectivity index (χ1) is 9.69. The Morgan fingerprint density at radius 1 is 1.25 bits per heavy atom. The summed E-state index contributed by atoms with van der Waals surface area (Å²) in [5.74, 6) is 1.57. The minimum absolute atomic E-state index is 0.0673. The highest BCUT2D eigenvalue weighted by Gasteiger charge is 2.21. The molecule has 2 aromatic rings. The van der Waals surface area contributed by atoms with Gasteiger partial charge in [0.2, 0.25) is 0 Å². The normalized spacial score (nSPS) is 15.2. The van der Waals surface area contributed by atoms with Crippen LogP contribution in [0.5, 0.6) is 11.5 Å². The summed E-state index contributed by atoms with van der Waals surface area (Å²) < 4.78 is 13.0. The molecule has 0 bridgehead atoms. The molecular weight excluding hydrogens is 362 g/mol. The molecule has 1 aliphatic rings. The van der Waals surface area contributed by atoms with E-state index in [0.29, 0.717) is 13.2 Å². The van der Waals surface area contributed by atoms with Crippen molar-refractivity contribution in [3.63, 3.8) is 0 Å². The topological polar surface area (TPSA) is 30.5 Å². The zero-order chi connectivity index (χ0) is 14.1. The molecule has 0 fully saturated rings. The molecule has 1 aliphatic heterocycles. The van der Waals surface area contributed by atoms with Crippen molar-refractivity contribution in [3.05, 3.63) is 43.5 Å². The molecule has 0 amide bonds. The van der Waals surface area contributed by atoms with Crippen molar-refractivity contribution in [3.8, 4) is 11.5 Å². The summed E-state index contributed by atoms with van der Waals surface area (Å²) in [5.41, 5.74) is 1.11. The van der Waals surface area contributed by atoms with E-state index in [1.54, 1.807) is 11.3 Å². The van der Waals surface area contributed by atoms with Gasteiger partial charge in [-0.3, -0.25) is 0 Å². The predicted molar refractivity (Wildman–Crippen MR) is 85.4 cm³/mol. The van der Waals surface area contributed by atoms with E-state index >= 15 is 0 Å². The number of hydrogen-bond donors (Lipinski definition) is 1. The van der Waals surface area contributed by atoms with Crippen LogP contribution in [0.4, 0.5) is 0 Å². The van der Waals surface area contributed by atoms with Crippen molar-refractivity contribution >= 4 is 38.9 Å². The summed E-state index contributed by atoms with van der Waals surface area (Å²) in [5, 5.41) is 3.32. The van der Waals surface area contributed by atoms with E-state index in [2.05, 4.69) is 21.2 Å². The predicted octanol–water partition coefficient (Wildman–Crippen LogP) is 4.24. The van der Waals surface area contributed by atoms with Gasteiger partial charge in [0.25, 0.3) is 0 Å². The van der Waals surface area contributed by atoms with Crippen molar-refractivity contribution in [2.75, 3.05) is 20.3 Å². The van der Waals surface area contributed by atoms with Crippen LogP contribution in [0.2, 0.25) is 4.34 Å². The van der Waals surface area contributed by atoms with Gasteiger partial charge in [-0.15, -0.1) is 11.3 Å². The van der Waals surface area contributed by atoms with Gasteiger partial charge < -0.3 is 14.8 Å². The van der Waals surface area contributed by atoms with Crippen LogP contribution in [0, 0.1) is 0 Å². The minimum atomic E-state index is 0.0673. The lowest BCUT2D eigenvalue weighted by molar-refractivity contribution is 0.171. The van der Waals surface area contributed by atoms with Gasteiger partial charge in [-0.25, -0.2) is 0 Å². The average Bonchev–Trinajstić information content (AvgIpc) is 2.86. The lowest BCUT2D eigenvalue weighted by atomic mass is 10.0. The van der Waals surface area contributed by atoms with Gasteiger partial charge >= 0.3 is 0 Å². The molecule has 3 nitrogen and oxygen atoms in total. The highest BCUT2D eigenvalue weighted by molar-refractivity contribution is 9.10. The summed E-state index contributed by atoms with van der Waals surface area (Å²) in [4.78, 5) is 1.16. The number of fused-ring (bicyclic) bond motifs is 1. The van der Waals surface area contributed by atoms with E-state index in [1.807, 2.05) is 31.3 Å². The lowest BCUT2D eigenvalue weighted by Crippen LogP contribution is -2.19. The standard InChI is InChI=1S/C14H13BrClNO2S/c1-17-14(12-2-3-13(16)20-12)8-6-10-11(7-9(8)15)19-5-4-18-10/h2-3,6-7,14,17H,4-5H2,1H3. The first-order valence-electron chi connectivity index (χ1n) is 6.20. The van der Waals surface area contributed by atoms with Crippen LogP contribution in [0.25, 0.3) is 0 Å². The van der Waals surface area contributed by atoms with E-state index < -0.39 is 0 Å². The third kappa shape index (κ3) is 2.68. The maximum absolute atomic E-state index is 6.04. The fourth-order valence-electron chi connectivity index (χ4n) is 2.24. The number of rotatable bonds is 3. The number of ether oxygens (including phenoxy) is 2. The number of benzene rings is 1. The molecule has 20 heavy (non-hydrogen) atoms. The zero-order valence-corrected chi connectivity index (χ0v) is 13.9. The molecule has 1 N–H and O–H groups in total. The van der Waals surface area contributed by atoms with E-state index in [0.717, 1.165) is 30.7 Å². The van der Waals surface area contributed by atoms with Gasteiger partial charge in [0.05, 0.1) is 10.4 Å². The van der Waals surface area contributed by atoms with Gasteiger partial charge in [0.1, 0.15) is 13.2 Å². The Morgan fingerprint density at radius 3 is 2.55 bits per heavy atom. The Morgan fingerprint density at radius 2 is 1.95 bits per heavy atom. The van der Waals surface area contributed by atoms with Crippen molar-refractivity contribution in [2.24, 2.45) is 0 Å². The van der Waals surface area contributed by atoms with Crippen LogP contribution in [0.3, 0.4) is 0 Å². The van der Waals surface area contributed by atoms with E-state index in [9.17, 15) is 0 Å². The first-order valence-corrected chi connectivity index (χ1v) is 8.19. The maximum atomic E-state index is 6.04. The van der Waals surface area contributed by atoms with Crippen LogP contribution in [-0.4, -0.2) is 20.3 Å².